The highest BCUT2D eigenvalue weighted by Gasteiger charge is 2.38. The van der Waals surface area contributed by atoms with E-state index >= 15 is 0 Å². The van der Waals surface area contributed by atoms with E-state index in [4.69, 9.17) is 18.0 Å². The summed E-state index contributed by atoms with van der Waals surface area (Å²) in [6.07, 6.45) is 5.27. The first-order chi connectivity index (χ1) is 9.03. The third-order valence-corrected chi connectivity index (χ3v) is 4.24. The predicted molar refractivity (Wildman–Crippen MR) is 78.9 cm³/mol. The fraction of sp³-hybridized carbons (Fsp3) is 0.500. The van der Waals surface area contributed by atoms with E-state index in [-0.39, 0.29) is 5.91 Å². The lowest BCUT2D eigenvalue weighted by Gasteiger charge is -2.39. The second kappa shape index (κ2) is 5.65. The SMILES string of the molecule is CC1CCC(NC(=O)c2ccccn2)(C(N)=S)CC1. The number of amides is 1. The van der Waals surface area contributed by atoms with E-state index in [0.29, 0.717) is 16.6 Å². The van der Waals surface area contributed by atoms with E-state index in [9.17, 15) is 4.79 Å². The highest BCUT2D eigenvalue weighted by atomic mass is 32.1. The summed E-state index contributed by atoms with van der Waals surface area (Å²) in [7, 11) is 0. The lowest BCUT2D eigenvalue weighted by Crippen LogP contribution is -2.58. The number of nitrogens with zero attached hydrogens (tertiary/aromatic N) is 1. The fourth-order valence-electron chi connectivity index (χ4n) is 2.47. The number of nitrogens with one attached hydrogen (secondary N) is 1. The van der Waals surface area contributed by atoms with Gasteiger partial charge in [-0.1, -0.05) is 25.2 Å². The van der Waals surface area contributed by atoms with Gasteiger partial charge in [-0.05, 0) is 43.7 Å². The van der Waals surface area contributed by atoms with Crippen molar-refractivity contribution in [2.24, 2.45) is 11.7 Å². The van der Waals surface area contributed by atoms with Gasteiger partial charge in [-0.3, -0.25) is 9.78 Å². The van der Waals surface area contributed by atoms with Crippen LogP contribution in [0.2, 0.25) is 0 Å². The molecule has 1 aromatic rings. The number of thiocarbonyl (C=S) groups is 1. The van der Waals surface area contributed by atoms with Crippen LogP contribution in [0.3, 0.4) is 0 Å². The molecule has 0 bridgehead atoms. The maximum atomic E-state index is 12.2. The molecule has 1 fully saturated rings. The van der Waals surface area contributed by atoms with Crippen molar-refractivity contribution < 1.29 is 4.79 Å². The lowest BCUT2D eigenvalue weighted by atomic mass is 9.77. The summed E-state index contributed by atoms with van der Waals surface area (Å²) in [6.45, 7) is 2.21. The third-order valence-electron chi connectivity index (χ3n) is 3.85. The van der Waals surface area contributed by atoms with Gasteiger partial charge in [0, 0.05) is 6.20 Å². The smallest absolute Gasteiger partial charge is 0.270 e. The lowest BCUT2D eigenvalue weighted by molar-refractivity contribution is 0.0895. The molecule has 5 heteroatoms. The molecule has 0 atom stereocenters. The van der Waals surface area contributed by atoms with E-state index in [2.05, 4.69) is 17.2 Å². The summed E-state index contributed by atoms with van der Waals surface area (Å²) in [5.74, 6) is 0.456. The van der Waals surface area contributed by atoms with Crippen LogP contribution in [0, 0.1) is 5.92 Å². The summed E-state index contributed by atoms with van der Waals surface area (Å²) < 4.78 is 0. The Bertz CT molecular complexity index is 467. The van der Waals surface area contributed by atoms with Crippen molar-refractivity contribution >= 4 is 23.1 Å². The fourth-order valence-corrected chi connectivity index (χ4v) is 2.72. The Morgan fingerprint density at radius 3 is 2.68 bits per heavy atom. The molecule has 1 heterocycles. The number of rotatable bonds is 3. The normalized spacial score (nSPS) is 26.7. The second-order valence-electron chi connectivity index (χ2n) is 5.30. The molecule has 19 heavy (non-hydrogen) atoms. The Hall–Kier alpha value is -1.49. The topological polar surface area (TPSA) is 68.0 Å². The van der Waals surface area contributed by atoms with Crippen molar-refractivity contribution in [3.05, 3.63) is 30.1 Å². The van der Waals surface area contributed by atoms with Gasteiger partial charge in [-0.25, -0.2) is 0 Å². The number of aromatic nitrogens is 1. The highest BCUT2D eigenvalue weighted by molar-refractivity contribution is 7.80. The Kier molecular flexibility index (Phi) is 4.14. The molecular weight excluding hydrogens is 258 g/mol. The molecule has 0 aromatic carbocycles. The summed E-state index contributed by atoms with van der Waals surface area (Å²) in [5.41, 5.74) is 5.72. The third kappa shape index (κ3) is 3.10. The molecular formula is C14H19N3OS. The van der Waals surface area contributed by atoms with E-state index in [1.807, 2.05) is 0 Å². The van der Waals surface area contributed by atoms with E-state index in [1.165, 1.54) is 0 Å². The van der Waals surface area contributed by atoms with Crippen molar-refractivity contribution in [2.75, 3.05) is 0 Å². The molecule has 1 amide bonds. The molecule has 0 unspecified atom stereocenters. The largest absolute Gasteiger partial charge is 0.391 e. The van der Waals surface area contributed by atoms with Crippen LogP contribution in [0.15, 0.2) is 24.4 Å². The maximum Gasteiger partial charge on any atom is 0.270 e. The molecule has 1 aliphatic rings. The highest BCUT2D eigenvalue weighted by Crippen LogP contribution is 2.32. The zero-order valence-corrected chi connectivity index (χ0v) is 11.9. The van der Waals surface area contributed by atoms with Gasteiger partial charge < -0.3 is 11.1 Å². The first-order valence-corrected chi connectivity index (χ1v) is 6.98. The predicted octanol–water partition coefficient (Wildman–Crippen LogP) is 2.05. The number of carbonyl (C=O) groups excluding carboxylic acids is 1. The maximum absolute atomic E-state index is 12.2. The average Bonchev–Trinajstić information content (AvgIpc) is 2.42. The summed E-state index contributed by atoms with van der Waals surface area (Å²) >= 11 is 5.18. The van der Waals surface area contributed by atoms with E-state index in [1.54, 1.807) is 24.4 Å². The molecule has 1 saturated carbocycles. The molecule has 2 rings (SSSR count). The van der Waals surface area contributed by atoms with Crippen LogP contribution in [0.25, 0.3) is 0 Å². The number of hydrogen-bond donors (Lipinski definition) is 2. The Balaban J connectivity index is 2.14. The Labute approximate surface area is 118 Å². The van der Waals surface area contributed by atoms with Crippen LogP contribution < -0.4 is 11.1 Å². The van der Waals surface area contributed by atoms with Gasteiger partial charge in [0.15, 0.2) is 0 Å². The van der Waals surface area contributed by atoms with Gasteiger partial charge in [0.2, 0.25) is 0 Å². The van der Waals surface area contributed by atoms with Crippen molar-refractivity contribution in [2.45, 2.75) is 38.1 Å². The Morgan fingerprint density at radius 1 is 1.47 bits per heavy atom. The first-order valence-electron chi connectivity index (χ1n) is 6.57. The van der Waals surface area contributed by atoms with Crippen LogP contribution in [0.5, 0.6) is 0 Å². The van der Waals surface area contributed by atoms with Crippen molar-refractivity contribution in [1.82, 2.24) is 10.3 Å². The second-order valence-corrected chi connectivity index (χ2v) is 5.74. The van der Waals surface area contributed by atoms with Gasteiger partial charge >= 0.3 is 0 Å². The minimum absolute atomic E-state index is 0.206. The monoisotopic (exact) mass is 277 g/mol. The number of hydrogen-bond acceptors (Lipinski definition) is 3. The number of pyridine rings is 1. The van der Waals surface area contributed by atoms with Crippen LogP contribution >= 0.6 is 12.2 Å². The molecule has 0 saturated heterocycles. The quantitative estimate of drug-likeness (QED) is 0.830. The average molecular weight is 277 g/mol. The zero-order chi connectivity index (χ0) is 13.9. The molecule has 3 N–H and O–H groups in total. The molecule has 0 spiro atoms. The van der Waals surface area contributed by atoms with Crippen LogP contribution in [0.1, 0.15) is 43.1 Å². The molecule has 0 aliphatic heterocycles. The van der Waals surface area contributed by atoms with Gasteiger partial charge in [-0.15, -0.1) is 0 Å². The van der Waals surface area contributed by atoms with Crippen LogP contribution in [0.4, 0.5) is 0 Å². The summed E-state index contributed by atoms with van der Waals surface area (Å²) in [5, 5.41) is 3.00. The first kappa shape index (κ1) is 13.9. The molecule has 4 nitrogen and oxygen atoms in total. The molecule has 0 radical (unpaired) electrons. The standard InChI is InChI=1S/C14H19N3OS/c1-10-5-7-14(8-6-10,13(15)19)17-12(18)11-4-2-3-9-16-11/h2-4,9-10H,5-8H2,1H3,(H2,15,19)(H,17,18). The minimum Gasteiger partial charge on any atom is -0.391 e. The van der Waals surface area contributed by atoms with Crippen LogP contribution in [-0.4, -0.2) is 21.4 Å². The number of carbonyl (C=O) groups is 1. The van der Waals surface area contributed by atoms with Gasteiger partial charge in [0.25, 0.3) is 5.91 Å². The minimum atomic E-state index is -0.545. The van der Waals surface area contributed by atoms with Crippen molar-refractivity contribution in [3.63, 3.8) is 0 Å². The van der Waals surface area contributed by atoms with E-state index in [0.717, 1.165) is 25.7 Å². The number of nitrogens with two attached hydrogens (primary N) is 1. The molecule has 102 valence electrons. The van der Waals surface area contributed by atoms with E-state index < -0.39 is 5.54 Å². The molecule has 1 aliphatic carbocycles. The van der Waals surface area contributed by atoms with Gasteiger partial charge in [0.05, 0.1) is 10.5 Å². The van der Waals surface area contributed by atoms with Crippen molar-refractivity contribution in [3.8, 4) is 0 Å². The van der Waals surface area contributed by atoms with Crippen LogP contribution in [-0.2, 0) is 0 Å². The summed E-state index contributed by atoms with van der Waals surface area (Å²) in [6, 6.07) is 5.26. The Morgan fingerprint density at radius 2 is 2.16 bits per heavy atom. The zero-order valence-electron chi connectivity index (χ0n) is 11.1. The van der Waals surface area contributed by atoms with Gasteiger partial charge in [-0.2, -0.15) is 0 Å². The molecule has 1 aromatic heterocycles. The summed E-state index contributed by atoms with van der Waals surface area (Å²) in [4.78, 5) is 16.6. The van der Waals surface area contributed by atoms with Gasteiger partial charge in [0.1, 0.15) is 5.69 Å². The van der Waals surface area contributed by atoms with Crippen molar-refractivity contribution in [1.29, 1.82) is 0 Å².